The molecule has 0 atom stereocenters. The quantitative estimate of drug-likeness (QED) is 0.809. The van der Waals surface area contributed by atoms with Gasteiger partial charge in [0.1, 0.15) is 17.0 Å². The Kier molecular flexibility index (Phi) is 6.12. The molecule has 0 bridgehead atoms. The van der Waals surface area contributed by atoms with Crippen LogP contribution in [-0.2, 0) is 4.79 Å². The van der Waals surface area contributed by atoms with E-state index in [0.717, 1.165) is 42.0 Å². The van der Waals surface area contributed by atoms with Gasteiger partial charge in [-0.1, -0.05) is 13.8 Å². The molecule has 120 valence electrons. The summed E-state index contributed by atoms with van der Waals surface area (Å²) in [4.78, 5) is 25.0. The topological polar surface area (TPSA) is 58.1 Å². The Labute approximate surface area is 135 Å². The second-order valence-corrected chi connectivity index (χ2v) is 6.59. The van der Waals surface area contributed by atoms with Gasteiger partial charge < -0.3 is 10.2 Å². The van der Waals surface area contributed by atoms with E-state index in [1.165, 1.54) is 4.88 Å². The third kappa shape index (κ3) is 4.16. The summed E-state index contributed by atoms with van der Waals surface area (Å²) in [7, 11) is 0. The van der Waals surface area contributed by atoms with E-state index in [0.29, 0.717) is 13.0 Å². The first kappa shape index (κ1) is 16.7. The van der Waals surface area contributed by atoms with Gasteiger partial charge in [0.2, 0.25) is 5.91 Å². The van der Waals surface area contributed by atoms with Crippen molar-refractivity contribution >= 4 is 33.3 Å². The average molecular weight is 320 g/mol. The van der Waals surface area contributed by atoms with Gasteiger partial charge in [0.25, 0.3) is 0 Å². The maximum atomic E-state index is 12.2. The van der Waals surface area contributed by atoms with Gasteiger partial charge in [-0.3, -0.25) is 4.79 Å². The summed E-state index contributed by atoms with van der Waals surface area (Å²) in [5, 5.41) is 4.32. The largest absolute Gasteiger partial charge is 0.369 e. The second-order valence-electron chi connectivity index (χ2n) is 5.36. The summed E-state index contributed by atoms with van der Waals surface area (Å²) in [6.07, 6.45) is 4.07. The minimum absolute atomic E-state index is 0.211. The molecule has 0 fully saturated rings. The lowest BCUT2D eigenvalue weighted by Crippen LogP contribution is -2.33. The molecule has 22 heavy (non-hydrogen) atoms. The molecule has 2 rings (SSSR count). The first-order chi connectivity index (χ1) is 10.7. The van der Waals surface area contributed by atoms with E-state index in [2.05, 4.69) is 42.1 Å². The molecular formula is C16H24N4OS. The molecule has 0 aromatic carbocycles. The zero-order valence-corrected chi connectivity index (χ0v) is 14.4. The summed E-state index contributed by atoms with van der Waals surface area (Å²) in [6, 6.07) is 2.09. The van der Waals surface area contributed by atoms with E-state index >= 15 is 0 Å². The molecule has 0 radical (unpaired) electrons. The van der Waals surface area contributed by atoms with Crippen LogP contribution in [0, 0.1) is 6.92 Å². The molecule has 1 amide bonds. The van der Waals surface area contributed by atoms with Crippen molar-refractivity contribution in [1.29, 1.82) is 0 Å². The number of hydrogen-bond acceptors (Lipinski definition) is 5. The smallest absolute Gasteiger partial charge is 0.224 e. The summed E-state index contributed by atoms with van der Waals surface area (Å²) < 4.78 is 0. The van der Waals surface area contributed by atoms with Crippen LogP contribution < -0.4 is 5.32 Å². The number of nitrogens with one attached hydrogen (secondary N) is 1. The molecule has 0 unspecified atom stereocenters. The average Bonchev–Trinajstić information content (AvgIpc) is 2.88. The van der Waals surface area contributed by atoms with Crippen LogP contribution in [0.5, 0.6) is 0 Å². The van der Waals surface area contributed by atoms with Crippen molar-refractivity contribution in [1.82, 2.24) is 14.9 Å². The molecule has 0 aliphatic carbocycles. The lowest BCUT2D eigenvalue weighted by Gasteiger charge is -2.21. The fourth-order valence-corrected chi connectivity index (χ4v) is 3.31. The van der Waals surface area contributed by atoms with Gasteiger partial charge >= 0.3 is 0 Å². The molecule has 0 saturated heterocycles. The molecule has 0 aliphatic rings. The van der Waals surface area contributed by atoms with E-state index in [-0.39, 0.29) is 5.91 Å². The summed E-state index contributed by atoms with van der Waals surface area (Å²) in [6.45, 7) is 8.55. The highest BCUT2D eigenvalue weighted by atomic mass is 32.1. The highest BCUT2D eigenvalue weighted by Crippen LogP contribution is 2.27. The lowest BCUT2D eigenvalue weighted by molar-refractivity contribution is -0.131. The van der Waals surface area contributed by atoms with Crippen LogP contribution in [0.2, 0.25) is 0 Å². The van der Waals surface area contributed by atoms with Crippen molar-refractivity contribution in [3.8, 4) is 0 Å². The van der Waals surface area contributed by atoms with Gasteiger partial charge in [-0.25, -0.2) is 9.97 Å². The minimum Gasteiger partial charge on any atom is -0.369 e. The Hall–Kier alpha value is -1.69. The lowest BCUT2D eigenvalue weighted by atomic mass is 10.3. The zero-order chi connectivity index (χ0) is 15.9. The summed E-state index contributed by atoms with van der Waals surface area (Å²) in [5.74, 6) is 1.03. The van der Waals surface area contributed by atoms with Crippen LogP contribution in [0.3, 0.4) is 0 Å². The Morgan fingerprint density at radius 3 is 2.68 bits per heavy atom. The predicted molar refractivity (Wildman–Crippen MR) is 92.4 cm³/mol. The fourth-order valence-electron chi connectivity index (χ4n) is 2.46. The molecular weight excluding hydrogens is 296 g/mol. The molecule has 0 spiro atoms. The number of aromatic nitrogens is 2. The fraction of sp³-hybridized carbons (Fsp3) is 0.562. The first-order valence-electron chi connectivity index (χ1n) is 7.88. The normalized spacial score (nSPS) is 10.9. The second kappa shape index (κ2) is 8.08. The van der Waals surface area contributed by atoms with Crippen LogP contribution in [-0.4, -0.2) is 40.4 Å². The van der Waals surface area contributed by atoms with Crippen molar-refractivity contribution in [2.45, 2.75) is 40.0 Å². The van der Waals surface area contributed by atoms with Crippen molar-refractivity contribution < 1.29 is 4.79 Å². The SMILES string of the molecule is CCCN(CCC)C(=O)CCNc1ncnc2sc(C)cc12. The number of carbonyl (C=O) groups is 1. The van der Waals surface area contributed by atoms with Gasteiger partial charge in [0.05, 0.1) is 5.39 Å². The highest BCUT2D eigenvalue weighted by Gasteiger charge is 2.12. The number of fused-ring (bicyclic) bond motifs is 1. The molecule has 0 saturated carbocycles. The molecule has 1 N–H and O–H groups in total. The Morgan fingerprint density at radius 2 is 2.00 bits per heavy atom. The zero-order valence-electron chi connectivity index (χ0n) is 13.6. The number of thiophene rings is 1. The maximum Gasteiger partial charge on any atom is 0.224 e. The van der Waals surface area contributed by atoms with Gasteiger partial charge in [-0.2, -0.15) is 0 Å². The molecule has 5 nitrogen and oxygen atoms in total. The third-order valence-corrected chi connectivity index (χ3v) is 4.38. The van der Waals surface area contributed by atoms with Gasteiger partial charge in [-0.05, 0) is 25.8 Å². The number of aryl methyl sites for hydroxylation is 1. The van der Waals surface area contributed by atoms with Crippen LogP contribution in [0.1, 0.15) is 38.0 Å². The van der Waals surface area contributed by atoms with Crippen LogP contribution in [0.15, 0.2) is 12.4 Å². The van der Waals surface area contributed by atoms with Gasteiger partial charge in [0.15, 0.2) is 0 Å². The number of amides is 1. The Morgan fingerprint density at radius 1 is 1.27 bits per heavy atom. The molecule has 6 heteroatoms. The number of hydrogen-bond donors (Lipinski definition) is 1. The Balaban J connectivity index is 1.93. The van der Waals surface area contributed by atoms with Crippen molar-refractivity contribution in [3.05, 3.63) is 17.3 Å². The molecule has 0 aliphatic heterocycles. The molecule has 2 aromatic rings. The van der Waals surface area contributed by atoms with Gasteiger partial charge in [0, 0.05) is 30.9 Å². The predicted octanol–water partition coefficient (Wildman–Crippen LogP) is 3.45. The highest BCUT2D eigenvalue weighted by molar-refractivity contribution is 7.18. The number of nitrogens with zero attached hydrogens (tertiary/aromatic N) is 3. The van der Waals surface area contributed by atoms with Crippen molar-refractivity contribution in [2.24, 2.45) is 0 Å². The maximum absolute atomic E-state index is 12.2. The number of rotatable bonds is 8. The first-order valence-corrected chi connectivity index (χ1v) is 8.70. The van der Waals surface area contributed by atoms with E-state index in [4.69, 9.17) is 0 Å². The van der Waals surface area contributed by atoms with E-state index in [1.54, 1.807) is 17.7 Å². The van der Waals surface area contributed by atoms with E-state index in [9.17, 15) is 4.79 Å². The Bertz CT molecular complexity index is 620. The van der Waals surface area contributed by atoms with Crippen LogP contribution in [0.25, 0.3) is 10.2 Å². The van der Waals surface area contributed by atoms with Gasteiger partial charge in [-0.15, -0.1) is 11.3 Å². The minimum atomic E-state index is 0.211. The standard InChI is InChI=1S/C16H24N4OS/c1-4-8-20(9-5-2)14(21)6-7-17-15-13-10-12(3)22-16(13)19-11-18-15/h10-11H,4-9H2,1-3H3,(H,17,18,19). The van der Waals surface area contributed by atoms with Crippen molar-refractivity contribution in [3.63, 3.8) is 0 Å². The monoisotopic (exact) mass is 320 g/mol. The summed E-state index contributed by atoms with van der Waals surface area (Å²) in [5.41, 5.74) is 0. The van der Waals surface area contributed by atoms with E-state index in [1.807, 2.05) is 4.90 Å². The third-order valence-electron chi connectivity index (χ3n) is 3.42. The molecule has 2 aromatic heterocycles. The van der Waals surface area contributed by atoms with Crippen LogP contribution >= 0.6 is 11.3 Å². The van der Waals surface area contributed by atoms with Crippen LogP contribution in [0.4, 0.5) is 5.82 Å². The van der Waals surface area contributed by atoms with Crippen molar-refractivity contribution in [2.75, 3.05) is 25.0 Å². The number of anilines is 1. The van der Waals surface area contributed by atoms with E-state index < -0.39 is 0 Å². The summed E-state index contributed by atoms with van der Waals surface area (Å²) >= 11 is 1.66. The number of carbonyl (C=O) groups excluding carboxylic acids is 1. The molecule has 2 heterocycles.